The van der Waals surface area contributed by atoms with Crippen LogP contribution in [0.3, 0.4) is 0 Å². The number of aliphatic hydroxyl groups excluding tert-OH is 1. The molecule has 0 heterocycles. The van der Waals surface area contributed by atoms with Gasteiger partial charge in [0.1, 0.15) is 18.1 Å². The fraction of sp³-hybridized carbons (Fsp3) is 0.250. The predicted octanol–water partition coefficient (Wildman–Crippen LogP) is 4.09. The maximum Gasteiger partial charge on any atom is 0.125 e. The van der Waals surface area contributed by atoms with Gasteiger partial charge in [0, 0.05) is 10.0 Å². The van der Waals surface area contributed by atoms with Crippen LogP contribution in [0.1, 0.15) is 24.2 Å². The van der Waals surface area contributed by atoms with Crippen LogP contribution in [0.25, 0.3) is 0 Å². The number of halogens is 1. The monoisotopic (exact) mass is 336 g/mol. The third-order valence-electron chi connectivity index (χ3n) is 2.98. The third-order valence-corrected chi connectivity index (χ3v) is 3.47. The minimum absolute atomic E-state index is 0.450. The standard InChI is InChI=1S/C16H17BrO3/c1-11(18)15-9-13(17)5-8-16(15)20-10-12-3-6-14(19-2)7-4-12/h3-9,11,18H,10H2,1-2H3/t11-/m0/s1. The van der Waals surface area contributed by atoms with E-state index in [1.807, 2.05) is 42.5 Å². The van der Waals surface area contributed by atoms with E-state index in [0.717, 1.165) is 21.3 Å². The third kappa shape index (κ3) is 3.74. The van der Waals surface area contributed by atoms with E-state index in [4.69, 9.17) is 9.47 Å². The molecule has 0 aliphatic heterocycles. The first-order valence-electron chi connectivity index (χ1n) is 6.33. The molecule has 0 radical (unpaired) electrons. The van der Waals surface area contributed by atoms with Gasteiger partial charge >= 0.3 is 0 Å². The number of methoxy groups -OCH3 is 1. The summed E-state index contributed by atoms with van der Waals surface area (Å²) in [5.74, 6) is 1.51. The van der Waals surface area contributed by atoms with E-state index in [1.54, 1.807) is 14.0 Å². The van der Waals surface area contributed by atoms with Gasteiger partial charge < -0.3 is 14.6 Å². The molecule has 1 N–H and O–H groups in total. The Balaban J connectivity index is 2.10. The van der Waals surface area contributed by atoms with Crippen molar-refractivity contribution in [3.8, 4) is 11.5 Å². The zero-order valence-corrected chi connectivity index (χ0v) is 13.1. The van der Waals surface area contributed by atoms with Gasteiger partial charge in [-0.15, -0.1) is 0 Å². The summed E-state index contributed by atoms with van der Waals surface area (Å²) >= 11 is 3.40. The molecule has 0 aromatic heterocycles. The second-order valence-electron chi connectivity index (χ2n) is 4.49. The summed E-state index contributed by atoms with van der Waals surface area (Å²) in [4.78, 5) is 0. The van der Waals surface area contributed by atoms with E-state index < -0.39 is 6.10 Å². The number of benzene rings is 2. The lowest BCUT2D eigenvalue weighted by molar-refractivity contribution is 0.190. The Kier molecular flexibility index (Phi) is 5.04. The Morgan fingerprint density at radius 3 is 2.45 bits per heavy atom. The molecule has 0 fully saturated rings. The van der Waals surface area contributed by atoms with Crippen molar-refractivity contribution in [2.45, 2.75) is 19.6 Å². The lowest BCUT2D eigenvalue weighted by Crippen LogP contribution is -2.01. The van der Waals surface area contributed by atoms with Crippen molar-refractivity contribution in [3.05, 3.63) is 58.1 Å². The topological polar surface area (TPSA) is 38.7 Å². The van der Waals surface area contributed by atoms with Gasteiger partial charge in [0.2, 0.25) is 0 Å². The molecule has 0 aliphatic rings. The lowest BCUT2D eigenvalue weighted by Gasteiger charge is -2.14. The molecule has 2 rings (SSSR count). The molecule has 1 atom stereocenters. The molecule has 2 aromatic rings. The van der Waals surface area contributed by atoms with Gasteiger partial charge in [0.05, 0.1) is 13.2 Å². The van der Waals surface area contributed by atoms with Crippen LogP contribution < -0.4 is 9.47 Å². The molecule has 0 aliphatic carbocycles. The van der Waals surface area contributed by atoms with E-state index in [2.05, 4.69) is 15.9 Å². The van der Waals surface area contributed by atoms with Crippen molar-refractivity contribution in [1.29, 1.82) is 0 Å². The number of hydrogen-bond acceptors (Lipinski definition) is 3. The van der Waals surface area contributed by atoms with Crippen molar-refractivity contribution >= 4 is 15.9 Å². The molecule has 20 heavy (non-hydrogen) atoms. The van der Waals surface area contributed by atoms with Crippen molar-refractivity contribution in [2.75, 3.05) is 7.11 Å². The first-order chi connectivity index (χ1) is 9.60. The van der Waals surface area contributed by atoms with Crippen molar-refractivity contribution < 1.29 is 14.6 Å². The van der Waals surface area contributed by atoms with Gasteiger partial charge in [-0.1, -0.05) is 28.1 Å². The van der Waals surface area contributed by atoms with E-state index in [-0.39, 0.29) is 0 Å². The summed E-state index contributed by atoms with van der Waals surface area (Å²) in [7, 11) is 1.64. The van der Waals surface area contributed by atoms with Crippen molar-refractivity contribution in [2.24, 2.45) is 0 Å². The van der Waals surface area contributed by atoms with Crippen LogP contribution in [0.4, 0.5) is 0 Å². The van der Waals surface area contributed by atoms with Crippen LogP contribution in [0.15, 0.2) is 46.9 Å². The normalized spacial score (nSPS) is 12.0. The van der Waals surface area contributed by atoms with Crippen LogP contribution >= 0.6 is 15.9 Å². The Hall–Kier alpha value is -1.52. The van der Waals surface area contributed by atoms with Crippen LogP contribution in [-0.4, -0.2) is 12.2 Å². The van der Waals surface area contributed by atoms with Gasteiger partial charge in [0.25, 0.3) is 0 Å². The fourth-order valence-corrected chi connectivity index (χ4v) is 2.24. The molecule has 0 unspecified atom stereocenters. The van der Waals surface area contributed by atoms with Crippen LogP contribution in [-0.2, 0) is 6.61 Å². The zero-order valence-electron chi connectivity index (χ0n) is 11.5. The Morgan fingerprint density at radius 2 is 1.85 bits per heavy atom. The Morgan fingerprint density at radius 1 is 1.15 bits per heavy atom. The minimum atomic E-state index is -0.571. The van der Waals surface area contributed by atoms with Crippen LogP contribution in [0, 0.1) is 0 Å². The van der Waals surface area contributed by atoms with E-state index in [0.29, 0.717) is 12.4 Å². The molecule has 3 nitrogen and oxygen atoms in total. The van der Waals surface area contributed by atoms with Gasteiger partial charge in [-0.2, -0.15) is 0 Å². The molecule has 0 saturated carbocycles. The predicted molar refractivity (Wildman–Crippen MR) is 82.1 cm³/mol. The quantitative estimate of drug-likeness (QED) is 0.893. The highest BCUT2D eigenvalue weighted by Gasteiger charge is 2.10. The number of aliphatic hydroxyl groups is 1. The van der Waals surface area contributed by atoms with Gasteiger partial charge in [0.15, 0.2) is 0 Å². The molecule has 0 spiro atoms. The molecular weight excluding hydrogens is 320 g/mol. The van der Waals surface area contributed by atoms with Crippen molar-refractivity contribution in [3.63, 3.8) is 0 Å². The van der Waals surface area contributed by atoms with E-state index in [9.17, 15) is 5.11 Å². The maximum atomic E-state index is 9.78. The van der Waals surface area contributed by atoms with Crippen LogP contribution in [0.5, 0.6) is 11.5 Å². The average Bonchev–Trinajstić information content (AvgIpc) is 2.46. The highest BCUT2D eigenvalue weighted by atomic mass is 79.9. The lowest BCUT2D eigenvalue weighted by atomic mass is 10.1. The molecule has 2 aromatic carbocycles. The molecule has 4 heteroatoms. The summed E-state index contributed by atoms with van der Waals surface area (Å²) in [6.07, 6.45) is -0.571. The Bertz CT molecular complexity index is 564. The summed E-state index contributed by atoms with van der Waals surface area (Å²) in [5.41, 5.74) is 1.82. The fourth-order valence-electron chi connectivity index (χ4n) is 1.86. The van der Waals surface area contributed by atoms with Crippen LogP contribution in [0.2, 0.25) is 0 Å². The summed E-state index contributed by atoms with van der Waals surface area (Å²) < 4.78 is 11.8. The number of rotatable bonds is 5. The molecule has 106 valence electrons. The molecule has 0 bridgehead atoms. The highest BCUT2D eigenvalue weighted by molar-refractivity contribution is 9.10. The van der Waals surface area contributed by atoms with Gasteiger partial charge in [-0.3, -0.25) is 0 Å². The van der Waals surface area contributed by atoms with Gasteiger partial charge in [-0.25, -0.2) is 0 Å². The molecule has 0 amide bonds. The van der Waals surface area contributed by atoms with E-state index in [1.165, 1.54) is 0 Å². The largest absolute Gasteiger partial charge is 0.497 e. The summed E-state index contributed by atoms with van der Waals surface area (Å²) in [6.45, 7) is 2.17. The van der Waals surface area contributed by atoms with Crippen molar-refractivity contribution in [1.82, 2.24) is 0 Å². The molecule has 0 saturated heterocycles. The second kappa shape index (κ2) is 6.77. The van der Waals surface area contributed by atoms with E-state index >= 15 is 0 Å². The second-order valence-corrected chi connectivity index (χ2v) is 5.41. The first-order valence-corrected chi connectivity index (χ1v) is 7.12. The number of hydrogen-bond donors (Lipinski definition) is 1. The summed E-state index contributed by atoms with van der Waals surface area (Å²) in [6, 6.07) is 13.3. The average molecular weight is 337 g/mol. The van der Waals surface area contributed by atoms with Gasteiger partial charge in [-0.05, 0) is 42.8 Å². The first kappa shape index (κ1) is 14.9. The summed E-state index contributed by atoms with van der Waals surface area (Å²) in [5, 5.41) is 9.78. The Labute approximate surface area is 127 Å². The minimum Gasteiger partial charge on any atom is -0.497 e. The smallest absolute Gasteiger partial charge is 0.125 e. The SMILES string of the molecule is COc1ccc(COc2ccc(Br)cc2[C@H](C)O)cc1. The molecular formula is C16H17BrO3. The zero-order chi connectivity index (χ0) is 14.5. The maximum absolute atomic E-state index is 9.78. The number of ether oxygens (including phenoxy) is 2. The highest BCUT2D eigenvalue weighted by Crippen LogP contribution is 2.29.